The van der Waals surface area contributed by atoms with E-state index in [1.54, 1.807) is 0 Å². The minimum Gasteiger partial charge on any atom is -0.480 e. The van der Waals surface area contributed by atoms with Gasteiger partial charge in [-0.3, -0.25) is 4.79 Å². The van der Waals surface area contributed by atoms with E-state index in [1.165, 1.54) is 0 Å². The van der Waals surface area contributed by atoms with Crippen LogP contribution in [0.25, 0.3) is 0 Å². The lowest BCUT2D eigenvalue weighted by atomic mass is 9.65. The molecule has 0 saturated carbocycles. The van der Waals surface area contributed by atoms with Gasteiger partial charge in [-0.15, -0.1) is 0 Å². The Kier molecular flexibility index (Phi) is 3.15. The Balaban J connectivity index is 5.35. The average molecular weight is 204 g/mol. The van der Waals surface area contributed by atoms with E-state index >= 15 is 0 Å². The molecule has 0 aliphatic heterocycles. The molecule has 2 nitrogen and oxygen atoms in total. The van der Waals surface area contributed by atoms with Crippen LogP contribution in [-0.4, -0.2) is 15.8 Å². The molecule has 1 N–H and O–H groups in total. The molecule has 0 fully saturated rings. The Morgan fingerprint density at radius 1 is 1.00 bits per heavy atom. The van der Waals surface area contributed by atoms with Crippen LogP contribution in [0.4, 0.5) is 0 Å². The maximum atomic E-state index is 11.2. The predicted octanol–water partition coefficient (Wildman–Crippen LogP) is 2.83. The number of aliphatic carboxylic acids is 1. The van der Waals surface area contributed by atoms with E-state index in [2.05, 4.69) is 12.6 Å². The van der Waals surface area contributed by atoms with Crippen molar-refractivity contribution in [3.63, 3.8) is 0 Å². The molecular weight excluding hydrogens is 184 g/mol. The third-order valence-corrected chi connectivity index (χ3v) is 4.01. The van der Waals surface area contributed by atoms with Crippen LogP contribution in [0.15, 0.2) is 0 Å². The topological polar surface area (TPSA) is 37.3 Å². The second-order valence-corrected chi connectivity index (χ2v) is 6.19. The Labute approximate surface area is 86.1 Å². The summed E-state index contributed by atoms with van der Waals surface area (Å²) >= 11 is 4.38. The summed E-state index contributed by atoms with van der Waals surface area (Å²) in [6.45, 7) is 11.4. The molecule has 0 aromatic carbocycles. The molecule has 0 amide bonds. The van der Waals surface area contributed by atoms with E-state index in [0.717, 1.165) is 0 Å². The summed E-state index contributed by atoms with van der Waals surface area (Å²) < 4.78 is -1.01. The van der Waals surface area contributed by atoms with Crippen LogP contribution in [0.1, 0.15) is 41.5 Å². The van der Waals surface area contributed by atoms with Gasteiger partial charge in [0.25, 0.3) is 0 Å². The van der Waals surface area contributed by atoms with Crippen molar-refractivity contribution in [3.8, 4) is 0 Å². The number of hydrogen-bond donors (Lipinski definition) is 2. The second-order valence-electron chi connectivity index (χ2n) is 5.52. The standard InChI is InChI=1S/C10H20O2S/c1-8(2,3)10(13,7(11)12)9(4,5)6/h13H,1-6H3,(H,11,12). The number of hydrogen-bond acceptors (Lipinski definition) is 2. The number of carbonyl (C=O) groups is 1. The fraction of sp³-hybridized carbons (Fsp3) is 0.900. The Morgan fingerprint density at radius 2 is 1.23 bits per heavy atom. The van der Waals surface area contributed by atoms with E-state index in [-0.39, 0.29) is 10.8 Å². The quantitative estimate of drug-likeness (QED) is 0.644. The molecule has 0 radical (unpaired) electrons. The Hall–Kier alpha value is -0.180. The monoisotopic (exact) mass is 204 g/mol. The normalized spacial score (nSPS) is 14.4. The van der Waals surface area contributed by atoms with E-state index in [9.17, 15) is 9.90 Å². The zero-order valence-electron chi connectivity index (χ0n) is 9.30. The lowest BCUT2D eigenvalue weighted by molar-refractivity contribution is -0.147. The first-order valence-corrected chi connectivity index (χ1v) is 4.85. The molecule has 0 aliphatic carbocycles. The number of rotatable bonds is 1. The van der Waals surface area contributed by atoms with Crippen LogP contribution in [-0.2, 0) is 4.79 Å². The molecule has 0 heterocycles. The maximum absolute atomic E-state index is 11.2. The van der Waals surface area contributed by atoms with Crippen LogP contribution < -0.4 is 0 Å². The summed E-state index contributed by atoms with van der Waals surface area (Å²) in [6.07, 6.45) is 0. The summed E-state index contributed by atoms with van der Waals surface area (Å²) in [5.41, 5.74) is -0.750. The Bertz CT molecular complexity index is 194. The number of carboxylic acids is 1. The summed E-state index contributed by atoms with van der Waals surface area (Å²) in [6, 6.07) is 0. The van der Waals surface area contributed by atoms with Gasteiger partial charge in [0.15, 0.2) is 0 Å². The molecule has 0 atom stereocenters. The molecule has 0 aromatic heterocycles. The lowest BCUT2D eigenvalue weighted by Crippen LogP contribution is -2.54. The molecule has 0 rings (SSSR count). The second kappa shape index (κ2) is 3.19. The van der Waals surface area contributed by atoms with Gasteiger partial charge in [-0.2, -0.15) is 12.6 Å². The zero-order chi connectivity index (χ0) is 11.1. The van der Waals surface area contributed by atoms with Crippen molar-refractivity contribution in [2.45, 2.75) is 46.3 Å². The molecule has 0 spiro atoms. The van der Waals surface area contributed by atoms with Crippen molar-refractivity contribution in [1.82, 2.24) is 0 Å². The van der Waals surface area contributed by atoms with Gasteiger partial charge in [0, 0.05) is 0 Å². The maximum Gasteiger partial charge on any atom is 0.320 e. The minimum absolute atomic E-state index is 0.375. The van der Waals surface area contributed by atoms with Gasteiger partial charge in [0.1, 0.15) is 4.75 Å². The molecule has 3 heteroatoms. The van der Waals surface area contributed by atoms with Gasteiger partial charge >= 0.3 is 5.97 Å². The van der Waals surface area contributed by atoms with Crippen LogP contribution in [0, 0.1) is 10.8 Å². The molecular formula is C10H20O2S. The average Bonchev–Trinajstić information content (AvgIpc) is 1.80. The number of thiol groups is 1. The lowest BCUT2D eigenvalue weighted by Gasteiger charge is -2.46. The van der Waals surface area contributed by atoms with Gasteiger partial charge in [-0.05, 0) is 10.8 Å². The van der Waals surface area contributed by atoms with Gasteiger partial charge in [0.05, 0.1) is 0 Å². The molecule has 13 heavy (non-hydrogen) atoms. The van der Waals surface area contributed by atoms with Crippen molar-refractivity contribution < 1.29 is 9.90 Å². The molecule has 0 aliphatic rings. The first-order valence-electron chi connectivity index (χ1n) is 4.40. The van der Waals surface area contributed by atoms with Crippen molar-refractivity contribution in [1.29, 1.82) is 0 Å². The highest BCUT2D eigenvalue weighted by Crippen LogP contribution is 2.48. The zero-order valence-corrected chi connectivity index (χ0v) is 10.2. The van der Waals surface area contributed by atoms with Gasteiger partial charge < -0.3 is 5.11 Å². The predicted molar refractivity (Wildman–Crippen MR) is 58.3 cm³/mol. The minimum atomic E-state index is -1.01. The van der Waals surface area contributed by atoms with Gasteiger partial charge in [-0.25, -0.2) is 0 Å². The Morgan fingerprint density at radius 3 is 1.23 bits per heavy atom. The summed E-state index contributed by atoms with van der Waals surface area (Å²) in [5, 5.41) is 9.23. The highest BCUT2D eigenvalue weighted by molar-refractivity contribution is 7.82. The largest absolute Gasteiger partial charge is 0.480 e. The SMILES string of the molecule is CC(C)(C)C(S)(C(=O)O)C(C)(C)C. The van der Waals surface area contributed by atoms with E-state index in [4.69, 9.17) is 0 Å². The fourth-order valence-electron chi connectivity index (χ4n) is 1.77. The van der Waals surface area contributed by atoms with E-state index in [1.807, 2.05) is 41.5 Å². The van der Waals surface area contributed by atoms with Crippen molar-refractivity contribution >= 4 is 18.6 Å². The molecule has 78 valence electrons. The first-order chi connectivity index (χ1) is 5.44. The van der Waals surface area contributed by atoms with Crippen LogP contribution in [0.2, 0.25) is 0 Å². The van der Waals surface area contributed by atoms with Crippen molar-refractivity contribution in [3.05, 3.63) is 0 Å². The summed E-state index contributed by atoms with van der Waals surface area (Å²) in [7, 11) is 0. The third kappa shape index (κ3) is 2.01. The van der Waals surface area contributed by atoms with Crippen molar-refractivity contribution in [2.75, 3.05) is 0 Å². The fourth-order valence-corrected chi connectivity index (χ4v) is 1.77. The first kappa shape index (κ1) is 12.8. The van der Waals surface area contributed by atoms with Crippen molar-refractivity contribution in [2.24, 2.45) is 10.8 Å². The van der Waals surface area contributed by atoms with Gasteiger partial charge in [0.2, 0.25) is 0 Å². The number of carboxylic acid groups (broad SMARTS) is 1. The van der Waals surface area contributed by atoms with Crippen LogP contribution in [0.5, 0.6) is 0 Å². The smallest absolute Gasteiger partial charge is 0.320 e. The van der Waals surface area contributed by atoms with E-state index < -0.39 is 10.7 Å². The summed E-state index contributed by atoms with van der Waals surface area (Å²) in [5.74, 6) is -0.851. The molecule has 0 unspecified atom stereocenters. The third-order valence-electron chi connectivity index (χ3n) is 2.48. The van der Waals surface area contributed by atoms with Gasteiger partial charge in [-0.1, -0.05) is 41.5 Å². The molecule has 0 bridgehead atoms. The summed E-state index contributed by atoms with van der Waals surface area (Å²) in [4.78, 5) is 11.2. The highest BCUT2D eigenvalue weighted by atomic mass is 32.1. The van der Waals surface area contributed by atoms with Crippen LogP contribution >= 0.6 is 12.6 Å². The molecule has 0 aromatic rings. The highest BCUT2D eigenvalue weighted by Gasteiger charge is 2.53. The van der Waals surface area contributed by atoms with E-state index in [0.29, 0.717) is 0 Å². The van der Waals surface area contributed by atoms with Crippen LogP contribution in [0.3, 0.4) is 0 Å². The molecule has 0 saturated heterocycles.